The maximum absolute atomic E-state index is 5.50. The quantitative estimate of drug-likeness (QED) is 0.684. The van der Waals surface area contributed by atoms with Gasteiger partial charge in [0.05, 0.1) is 0 Å². The van der Waals surface area contributed by atoms with Crippen molar-refractivity contribution in [2.75, 3.05) is 0 Å². The van der Waals surface area contributed by atoms with Crippen molar-refractivity contribution < 1.29 is 0 Å². The van der Waals surface area contributed by atoms with E-state index in [1.807, 2.05) is 6.08 Å². The SMILES string of the molecule is CC(C)(CCC=CCl)c1ccccc1. The minimum Gasteiger partial charge on any atom is -0.0933 e. The summed E-state index contributed by atoms with van der Waals surface area (Å²) >= 11 is 5.50. The van der Waals surface area contributed by atoms with Crippen molar-refractivity contribution in [1.29, 1.82) is 0 Å². The molecule has 0 saturated carbocycles. The first kappa shape index (κ1) is 11.3. The highest BCUT2D eigenvalue weighted by molar-refractivity contribution is 6.25. The minimum absolute atomic E-state index is 0.234. The topological polar surface area (TPSA) is 0 Å². The van der Waals surface area contributed by atoms with Gasteiger partial charge in [0, 0.05) is 5.54 Å². The molecule has 0 unspecified atom stereocenters. The van der Waals surface area contributed by atoms with Gasteiger partial charge in [0.25, 0.3) is 0 Å². The van der Waals surface area contributed by atoms with Gasteiger partial charge >= 0.3 is 0 Å². The van der Waals surface area contributed by atoms with E-state index in [1.54, 1.807) is 5.54 Å². The lowest BCUT2D eigenvalue weighted by Crippen LogP contribution is -2.16. The van der Waals surface area contributed by atoms with Gasteiger partial charge in [0.15, 0.2) is 0 Å². The van der Waals surface area contributed by atoms with Gasteiger partial charge in [0.2, 0.25) is 0 Å². The van der Waals surface area contributed by atoms with Gasteiger partial charge in [-0.25, -0.2) is 0 Å². The Balaban J connectivity index is 2.65. The highest BCUT2D eigenvalue weighted by Gasteiger charge is 2.18. The highest BCUT2D eigenvalue weighted by Crippen LogP contribution is 2.28. The van der Waals surface area contributed by atoms with Gasteiger partial charge in [-0.2, -0.15) is 0 Å². The maximum Gasteiger partial charge on any atom is 0.000246 e. The Labute approximate surface area is 91.6 Å². The Hall–Kier alpha value is -0.750. The summed E-state index contributed by atoms with van der Waals surface area (Å²) in [6, 6.07) is 10.6. The fraction of sp³-hybridized carbons (Fsp3) is 0.385. The van der Waals surface area contributed by atoms with E-state index in [0.29, 0.717) is 0 Å². The number of hydrogen-bond acceptors (Lipinski definition) is 0. The first-order valence-corrected chi connectivity index (χ1v) is 5.41. The standard InChI is InChI=1S/C13H17Cl/c1-13(2,10-6-7-11-14)12-8-4-3-5-9-12/h3-5,7-9,11H,6,10H2,1-2H3. The molecule has 0 radical (unpaired) electrons. The molecule has 0 aliphatic rings. The van der Waals surface area contributed by atoms with Crippen LogP contribution in [0.4, 0.5) is 0 Å². The Morgan fingerprint density at radius 1 is 1.21 bits per heavy atom. The van der Waals surface area contributed by atoms with E-state index in [4.69, 9.17) is 11.6 Å². The normalized spacial score (nSPS) is 12.2. The zero-order valence-electron chi connectivity index (χ0n) is 8.83. The molecule has 0 N–H and O–H groups in total. The van der Waals surface area contributed by atoms with E-state index >= 15 is 0 Å². The molecule has 0 nitrogen and oxygen atoms in total. The van der Waals surface area contributed by atoms with Crippen LogP contribution in [0.2, 0.25) is 0 Å². The molecule has 1 aromatic rings. The van der Waals surface area contributed by atoms with E-state index in [-0.39, 0.29) is 5.41 Å². The van der Waals surface area contributed by atoms with Crippen LogP contribution in [-0.2, 0) is 5.41 Å². The summed E-state index contributed by atoms with van der Waals surface area (Å²) in [6.07, 6.45) is 4.16. The van der Waals surface area contributed by atoms with Gasteiger partial charge in [-0.05, 0) is 23.8 Å². The molecular formula is C13H17Cl. The molecule has 76 valence electrons. The van der Waals surface area contributed by atoms with Crippen LogP contribution in [0.3, 0.4) is 0 Å². The zero-order chi connectivity index (χ0) is 10.4. The molecule has 1 heteroatoms. The van der Waals surface area contributed by atoms with Crippen LogP contribution < -0.4 is 0 Å². The molecule has 0 bridgehead atoms. The second kappa shape index (κ2) is 5.21. The summed E-state index contributed by atoms with van der Waals surface area (Å²) in [5, 5.41) is 0. The average molecular weight is 209 g/mol. The molecule has 0 aliphatic carbocycles. The van der Waals surface area contributed by atoms with Gasteiger partial charge in [0.1, 0.15) is 0 Å². The molecule has 0 aromatic heterocycles. The van der Waals surface area contributed by atoms with Crippen molar-refractivity contribution >= 4 is 11.6 Å². The van der Waals surface area contributed by atoms with E-state index in [1.165, 1.54) is 5.56 Å². The Kier molecular flexibility index (Phi) is 4.21. The minimum atomic E-state index is 0.234. The largest absolute Gasteiger partial charge is 0.0933 e. The predicted molar refractivity (Wildman–Crippen MR) is 63.7 cm³/mol. The molecule has 0 aliphatic heterocycles. The van der Waals surface area contributed by atoms with Crippen LogP contribution in [0, 0.1) is 0 Å². The smallest absolute Gasteiger partial charge is 0.000246 e. The fourth-order valence-electron chi connectivity index (χ4n) is 1.54. The van der Waals surface area contributed by atoms with Crippen molar-refractivity contribution in [3.05, 3.63) is 47.5 Å². The number of allylic oxidation sites excluding steroid dienone is 1. The molecule has 0 atom stereocenters. The van der Waals surface area contributed by atoms with Crippen LogP contribution in [0.1, 0.15) is 32.3 Å². The summed E-state index contributed by atoms with van der Waals surface area (Å²) in [7, 11) is 0. The van der Waals surface area contributed by atoms with E-state index in [0.717, 1.165) is 12.8 Å². The average Bonchev–Trinajstić information content (AvgIpc) is 2.19. The van der Waals surface area contributed by atoms with E-state index in [2.05, 4.69) is 44.2 Å². The van der Waals surface area contributed by atoms with Crippen LogP contribution in [-0.4, -0.2) is 0 Å². The third kappa shape index (κ3) is 3.19. The molecule has 0 fully saturated rings. The predicted octanol–water partition coefficient (Wildman–Crippen LogP) is 4.50. The zero-order valence-corrected chi connectivity index (χ0v) is 9.59. The highest BCUT2D eigenvalue weighted by atomic mass is 35.5. The summed E-state index contributed by atoms with van der Waals surface area (Å²) in [5.74, 6) is 0. The summed E-state index contributed by atoms with van der Waals surface area (Å²) in [4.78, 5) is 0. The lowest BCUT2D eigenvalue weighted by atomic mass is 9.81. The van der Waals surface area contributed by atoms with Crippen LogP contribution in [0.25, 0.3) is 0 Å². The van der Waals surface area contributed by atoms with Gasteiger partial charge < -0.3 is 0 Å². The number of hydrogen-bond donors (Lipinski definition) is 0. The Morgan fingerprint density at radius 2 is 1.86 bits per heavy atom. The molecule has 0 saturated heterocycles. The monoisotopic (exact) mass is 208 g/mol. The first-order valence-electron chi connectivity index (χ1n) is 4.97. The van der Waals surface area contributed by atoms with Crippen LogP contribution in [0.15, 0.2) is 41.9 Å². The van der Waals surface area contributed by atoms with Crippen molar-refractivity contribution in [1.82, 2.24) is 0 Å². The number of benzene rings is 1. The maximum atomic E-state index is 5.50. The second-order valence-electron chi connectivity index (χ2n) is 4.15. The lowest BCUT2D eigenvalue weighted by Gasteiger charge is -2.24. The molecule has 1 rings (SSSR count). The molecule has 0 spiro atoms. The molecule has 1 aromatic carbocycles. The van der Waals surface area contributed by atoms with Gasteiger partial charge in [-0.1, -0.05) is 61.9 Å². The molecule has 0 heterocycles. The van der Waals surface area contributed by atoms with Crippen molar-refractivity contribution in [2.24, 2.45) is 0 Å². The third-order valence-corrected chi connectivity index (χ3v) is 2.76. The summed E-state index contributed by atoms with van der Waals surface area (Å²) in [6.45, 7) is 4.54. The van der Waals surface area contributed by atoms with Crippen LogP contribution >= 0.6 is 11.6 Å². The van der Waals surface area contributed by atoms with Crippen LogP contribution in [0.5, 0.6) is 0 Å². The van der Waals surface area contributed by atoms with Crippen molar-refractivity contribution in [3.63, 3.8) is 0 Å². The first-order chi connectivity index (χ1) is 6.67. The number of rotatable bonds is 4. The number of halogens is 1. The van der Waals surface area contributed by atoms with Gasteiger partial charge in [-0.3, -0.25) is 0 Å². The van der Waals surface area contributed by atoms with Gasteiger partial charge in [-0.15, -0.1) is 0 Å². The Bertz CT molecular complexity index is 285. The summed E-state index contributed by atoms with van der Waals surface area (Å²) in [5.41, 5.74) is 3.22. The molecular weight excluding hydrogens is 192 g/mol. The summed E-state index contributed by atoms with van der Waals surface area (Å²) < 4.78 is 0. The Morgan fingerprint density at radius 3 is 2.43 bits per heavy atom. The molecule has 0 amide bonds. The van der Waals surface area contributed by atoms with E-state index in [9.17, 15) is 0 Å². The van der Waals surface area contributed by atoms with E-state index < -0.39 is 0 Å². The lowest BCUT2D eigenvalue weighted by molar-refractivity contribution is 0.485. The second-order valence-corrected chi connectivity index (χ2v) is 4.40. The fourth-order valence-corrected chi connectivity index (χ4v) is 1.67. The third-order valence-electron chi connectivity index (χ3n) is 2.58. The van der Waals surface area contributed by atoms with Crippen molar-refractivity contribution in [2.45, 2.75) is 32.1 Å². The molecule has 14 heavy (non-hydrogen) atoms. The van der Waals surface area contributed by atoms with Crippen molar-refractivity contribution in [3.8, 4) is 0 Å².